The Morgan fingerprint density at radius 3 is 2.30 bits per heavy atom. The molecule has 30 heavy (non-hydrogen) atoms. The summed E-state index contributed by atoms with van der Waals surface area (Å²) in [6.45, 7) is 0.130. The number of hydrogen-bond donors (Lipinski definition) is 0. The number of benzene rings is 3. The van der Waals surface area contributed by atoms with E-state index in [4.69, 9.17) is 13.9 Å². The van der Waals surface area contributed by atoms with Gasteiger partial charge in [-0.05, 0) is 54.1 Å². The van der Waals surface area contributed by atoms with E-state index < -0.39 is 9.84 Å². The smallest absolute Gasteiger partial charge is 0.231 e. The highest BCUT2D eigenvalue weighted by Gasteiger charge is 2.21. The summed E-state index contributed by atoms with van der Waals surface area (Å²) in [6, 6.07) is 18.6. The molecule has 0 unspecified atom stereocenters. The van der Waals surface area contributed by atoms with E-state index in [9.17, 15) is 13.2 Å². The van der Waals surface area contributed by atoms with E-state index in [0.717, 1.165) is 6.26 Å². The maximum absolute atomic E-state index is 13.4. The van der Waals surface area contributed by atoms with Crippen molar-refractivity contribution < 1.29 is 22.3 Å². The molecule has 0 amide bonds. The summed E-state index contributed by atoms with van der Waals surface area (Å²) >= 11 is 0. The number of rotatable bonds is 3. The summed E-state index contributed by atoms with van der Waals surface area (Å²) in [7, 11) is -3.34. The van der Waals surface area contributed by atoms with Crippen LogP contribution in [0.25, 0.3) is 33.4 Å². The quantitative estimate of drug-likeness (QED) is 0.493. The Labute approximate surface area is 172 Å². The molecule has 0 N–H and O–H groups in total. The van der Waals surface area contributed by atoms with Crippen LogP contribution in [-0.2, 0) is 9.84 Å². The van der Waals surface area contributed by atoms with Crippen LogP contribution >= 0.6 is 0 Å². The lowest BCUT2D eigenvalue weighted by Crippen LogP contribution is -2.07. The van der Waals surface area contributed by atoms with Gasteiger partial charge in [0.1, 0.15) is 11.3 Å². The lowest BCUT2D eigenvalue weighted by molar-refractivity contribution is 0.174. The minimum absolute atomic E-state index is 0.130. The first kappa shape index (κ1) is 18.4. The van der Waals surface area contributed by atoms with Gasteiger partial charge >= 0.3 is 0 Å². The van der Waals surface area contributed by atoms with Gasteiger partial charge in [0.2, 0.25) is 12.2 Å². The lowest BCUT2D eigenvalue weighted by atomic mass is 9.98. The van der Waals surface area contributed by atoms with Crippen LogP contribution in [0.4, 0.5) is 0 Å². The molecule has 2 heterocycles. The molecule has 0 saturated carbocycles. The third-order valence-electron chi connectivity index (χ3n) is 5.00. The fourth-order valence-electron chi connectivity index (χ4n) is 3.51. The molecule has 5 rings (SSSR count). The van der Waals surface area contributed by atoms with Crippen LogP contribution in [0.1, 0.15) is 0 Å². The number of fused-ring (bicyclic) bond motifs is 2. The Bertz CT molecular complexity index is 1450. The maximum Gasteiger partial charge on any atom is 0.231 e. The van der Waals surface area contributed by atoms with Gasteiger partial charge in [-0.25, -0.2) is 8.42 Å². The molecule has 4 aromatic rings. The zero-order valence-corrected chi connectivity index (χ0v) is 16.7. The van der Waals surface area contributed by atoms with Crippen molar-refractivity contribution in [2.75, 3.05) is 13.0 Å². The Morgan fingerprint density at radius 1 is 0.833 bits per heavy atom. The van der Waals surface area contributed by atoms with Gasteiger partial charge in [-0.15, -0.1) is 0 Å². The highest BCUT2D eigenvalue weighted by molar-refractivity contribution is 7.90. The Kier molecular flexibility index (Phi) is 4.15. The minimum atomic E-state index is -3.34. The van der Waals surface area contributed by atoms with Crippen LogP contribution in [0.3, 0.4) is 0 Å². The molecule has 1 aliphatic heterocycles. The molecule has 0 fully saturated rings. The predicted octanol–water partition coefficient (Wildman–Crippen LogP) is 4.26. The average Bonchev–Trinajstić information content (AvgIpc) is 3.21. The molecule has 1 aliphatic rings. The minimum Gasteiger partial charge on any atom is -0.455 e. The first-order valence-corrected chi connectivity index (χ1v) is 11.1. The van der Waals surface area contributed by atoms with Gasteiger partial charge in [0, 0.05) is 11.8 Å². The first-order chi connectivity index (χ1) is 14.4. The zero-order chi connectivity index (χ0) is 20.9. The highest BCUT2D eigenvalue weighted by Crippen LogP contribution is 2.39. The van der Waals surface area contributed by atoms with E-state index in [0.29, 0.717) is 44.9 Å². The monoisotopic (exact) mass is 420 g/mol. The van der Waals surface area contributed by atoms with Crippen molar-refractivity contribution in [1.82, 2.24) is 0 Å². The molecule has 6 nitrogen and oxygen atoms in total. The van der Waals surface area contributed by atoms with Gasteiger partial charge in [0.25, 0.3) is 0 Å². The SMILES string of the molecule is CS(=O)(=O)c1ccc(-c2oc3ccccc3c(=O)c2-c2ccc3c(c2)OCO3)cc1. The second-order valence-electron chi connectivity index (χ2n) is 7.00. The molecule has 3 aromatic carbocycles. The summed E-state index contributed by atoms with van der Waals surface area (Å²) in [5.41, 5.74) is 1.87. The van der Waals surface area contributed by atoms with Crippen LogP contribution < -0.4 is 14.9 Å². The molecule has 0 aliphatic carbocycles. The second-order valence-corrected chi connectivity index (χ2v) is 9.01. The Morgan fingerprint density at radius 2 is 1.53 bits per heavy atom. The van der Waals surface area contributed by atoms with E-state index in [1.165, 1.54) is 12.1 Å². The molecular weight excluding hydrogens is 404 g/mol. The van der Waals surface area contributed by atoms with Crippen molar-refractivity contribution >= 4 is 20.8 Å². The maximum atomic E-state index is 13.4. The predicted molar refractivity (Wildman–Crippen MR) is 113 cm³/mol. The second kappa shape index (κ2) is 6.74. The van der Waals surface area contributed by atoms with E-state index >= 15 is 0 Å². The topological polar surface area (TPSA) is 82.8 Å². The van der Waals surface area contributed by atoms with Crippen LogP contribution in [0.2, 0.25) is 0 Å². The van der Waals surface area contributed by atoms with Crippen LogP contribution in [0, 0.1) is 0 Å². The van der Waals surface area contributed by atoms with Gasteiger partial charge in [-0.1, -0.05) is 18.2 Å². The standard InChI is InChI=1S/C23H16O6S/c1-30(25,26)16-9-6-14(7-10-16)23-21(15-8-11-19-20(12-15)28-13-27-19)22(24)17-4-2-3-5-18(17)29-23/h2-12H,13H2,1H3. The van der Waals surface area contributed by atoms with Gasteiger partial charge in [0.15, 0.2) is 21.3 Å². The van der Waals surface area contributed by atoms with Crippen LogP contribution in [-0.4, -0.2) is 21.5 Å². The summed E-state index contributed by atoms with van der Waals surface area (Å²) in [4.78, 5) is 13.6. The summed E-state index contributed by atoms with van der Waals surface area (Å²) in [6.07, 6.45) is 1.15. The molecular formula is C23H16O6S. The number of hydrogen-bond acceptors (Lipinski definition) is 6. The van der Waals surface area contributed by atoms with Crippen molar-refractivity contribution in [1.29, 1.82) is 0 Å². The molecule has 0 bridgehead atoms. The fraction of sp³-hybridized carbons (Fsp3) is 0.0870. The van der Waals surface area contributed by atoms with E-state index in [1.807, 2.05) is 0 Å². The number of ether oxygens (including phenoxy) is 2. The molecule has 0 atom stereocenters. The summed E-state index contributed by atoms with van der Waals surface area (Å²) < 4.78 is 40.6. The molecule has 7 heteroatoms. The van der Waals surface area contributed by atoms with Crippen molar-refractivity contribution in [3.05, 3.63) is 77.0 Å². The van der Waals surface area contributed by atoms with Crippen molar-refractivity contribution in [2.45, 2.75) is 4.90 Å². The number of para-hydroxylation sites is 1. The lowest BCUT2D eigenvalue weighted by Gasteiger charge is -2.11. The van der Waals surface area contributed by atoms with Gasteiger partial charge in [0.05, 0.1) is 15.8 Å². The van der Waals surface area contributed by atoms with E-state index in [2.05, 4.69) is 0 Å². The zero-order valence-electron chi connectivity index (χ0n) is 15.9. The van der Waals surface area contributed by atoms with Gasteiger partial charge < -0.3 is 13.9 Å². The van der Waals surface area contributed by atoms with E-state index in [-0.39, 0.29) is 17.1 Å². The summed E-state index contributed by atoms with van der Waals surface area (Å²) in [5.74, 6) is 1.53. The first-order valence-electron chi connectivity index (χ1n) is 9.18. The molecule has 150 valence electrons. The fourth-order valence-corrected chi connectivity index (χ4v) is 4.14. The Balaban J connectivity index is 1.79. The van der Waals surface area contributed by atoms with Gasteiger partial charge in [-0.2, -0.15) is 0 Å². The molecule has 0 spiro atoms. The van der Waals surface area contributed by atoms with Crippen molar-refractivity contribution in [2.24, 2.45) is 0 Å². The third-order valence-corrected chi connectivity index (χ3v) is 6.13. The highest BCUT2D eigenvalue weighted by atomic mass is 32.2. The Hall–Kier alpha value is -3.58. The average molecular weight is 420 g/mol. The molecule has 0 saturated heterocycles. The van der Waals surface area contributed by atoms with Gasteiger partial charge in [-0.3, -0.25) is 4.79 Å². The molecule has 0 radical (unpaired) electrons. The van der Waals surface area contributed by atoms with Crippen molar-refractivity contribution in [3.8, 4) is 33.9 Å². The third kappa shape index (κ3) is 3.04. The van der Waals surface area contributed by atoms with Crippen LogP contribution in [0.5, 0.6) is 11.5 Å². The largest absolute Gasteiger partial charge is 0.455 e. The summed E-state index contributed by atoms with van der Waals surface area (Å²) in [5, 5.41) is 0.460. The molecule has 1 aromatic heterocycles. The normalized spacial score (nSPS) is 13.0. The van der Waals surface area contributed by atoms with Crippen molar-refractivity contribution in [3.63, 3.8) is 0 Å². The number of sulfone groups is 1. The van der Waals surface area contributed by atoms with Crippen LogP contribution in [0.15, 0.2) is 80.8 Å². The van der Waals surface area contributed by atoms with E-state index in [1.54, 1.807) is 54.6 Å².